The first-order valence-electron chi connectivity index (χ1n) is 8.73. The number of Topliss-reactive ketones (excluding diaryl/α,β-unsaturated/α-hetero) is 1. The minimum absolute atomic E-state index is 0.0664. The van der Waals surface area contributed by atoms with Gasteiger partial charge >= 0.3 is 0 Å². The monoisotopic (exact) mass is 363 g/mol. The lowest BCUT2D eigenvalue weighted by molar-refractivity contribution is -0.115. The highest BCUT2D eigenvalue weighted by molar-refractivity contribution is 6.16. The Morgan fingerprint density at radius 3 is 2.52 bits per heavy atom. The summed E-state index contributed by atoms with van der Waals surface area (Å²) >= 11 is 0. The number of rotatable bonds is 3. The van der Waals surface area contributed by atoms with Crippen LogP contribution < -0.4 is 5.32 Å². The number of aromatic nitrogens is 2. The number of aliphatic imine (C=N–C) groups is 2. The van der Waals surface area contributed by atoms with E-state index in [1.807, 2.05) is 50.2 Å². The van der Waals surface area contributed by atoms with Crippen molar-refractivity contribution in [2.45, 2.75) is 33.1 Å². The van der Waals surface area contributed by atoms with E-state index in [1.54, 1.807) is 0 Å². The maximum absolute atomic E-state index is 12.0. The summed E-state index contributed by atoms with van der Waals surface area (Å²) in [5, 5.41) is 13.1. The number of nitrogens with zero attached hydrogens (tertiary/aromatic N) is 4. The molecular weight excluding hydrogens is 342 g/mol. The quantitative estimate of drug-likeness (QED) is 0.638. The van der Waals surface area contributed by atoms with Gasteiger partial charge in [0.1, 0.15) is 5.76 Å². The van der Waals surface area contributed by atoms with Crippen LogP contribution in [0, 0.1) is 13.8 Å². The fourth-order valence-electron chi connectivity index (χ4n) is 2.71. The van der Waals surface area contributed by atoms with Gasteiger partial charge in [0.25, 0.3) is 5.95 Å². The van der Waals surface area contributed by atoms with Crippen molar-refractivity contribution in [1.82, 2.24) is 9.97 Å². The Hall–Kier alpha value is -3.35. The molecule has 0 unspecified atom stereocenters. The number of carbonyl (C=O) groups excluding carboxylic acids is 1. The van der Waals surface area contributed by atoms with Crippen LogP contribution in [0.5, 0.6) is 0 Å². The number of benzene rings is 1. The molecule has 7 nitrogen and oxygen atoms in total. The highest BCUT2D eigenvalue weighted by Crippen LogP contribution is 2.19. The number of hydrogen-bond donors (Lipinski definition) is 2. The molecule has 3 rings (SSSR count). The minimum Gasteiger partial charge on any atom is -0.512 e. The predicted octanol–water partition coefficient (Wildman–Crippen LogP) is 3.83. The van der Waals surface area contributed by atoms with Crippen LogP contribution in [-0.2, 0) is 4.79 Å². The Balaban J connectivity index is 1.95. The molecule has 0 radical (unpaired) electrons. The highest BCUT2D eigenvalue weighted by atomic mass is 16.3. The number of aliphatic hydroxyl groups excluding tert-OH is 1. The largest absolute Gasteiger partial charge is 0.512 e. The van der Waals surface area contributed by atoms with Crippen molar-refractivity contribution in [2.24, 2.45) is 9.98 Å². The Kier molecular flexibility index (Phi) is 5.71. The highest BCUT2D eigenvalue weighted by Gasteiger charge is 2.18. The summed E-state index contributed by atoms with van der Waals surface area (Å²) in [5.41, 5.74) is 2.61. The van der Waals surface area contributed by atoms with Crippen LogP contribution in [0.3, 0.4) is 0 Å². The number of anilines is 1. The third kappa shape index (κ3) is 5.07. The van der Waals surface area contributed by atoms with Crippen LogP contribution in [0.25, 0.3) is 0 Å². The molecule has 0 saturated heterocycles. The van der Waals surface area contributed by atoms with Crippen LogP contribution in [0.1, 0.15) is 30.7 Å². The number of carbonyl (C=O) groups is 1. The zero-order chi connectivity index (χ0) is 19.2. The molecule has 0 atom stereocenters. The third-order valence-corrected chi connectivity index (χ3v) is 3.95. The molecule has 0 amide bonds. The zero-order valence-electron chi connectivity index (χ0n) is 15.3. The molecule has 0 fully saturated rings. The average molecular weight is 363 g/mol. The van der Waals surface area contributed by atoms with Crippen molar-refractivity contribution in [2.75, 3.05) is 5.32 Å². The maximum Gasteiger partial charge on any atom is 0.253 e. The Bertz CT molecular complexity index is 912. The van der Waals surface area contributed by atoms with Gasteiger partial charge in [-0.2, -0.15) is 4.99 Å². The van der Waals surface area contributed by atoms with Gasteiger partial charge in [-0.25, -0.2) is 15.0 Å². The Morgan fingerprint density at radius 2 is 1.85 bits per heavy atom. The van der Waals surface area contributed by atoms with Crippen molar-refractivity contribution >= 4 is 29.6 Å². The van der Waals surface area contributed by atoms with E-state index in [4.69, 9.17) is 0 Å². The third-order valence-electron chi connectivity index (χ3n) is 3.95. The van der Waals surface area contributed by atoms with Gasteiger partial charge in [0.05, 0.1) is 5.57 Å². The van der Waals surface area contributed by atoms with Crippen molar-refractivity contribution < 1.29 is 9.90 Å². The summed E-state index contributed by atoms with van der Waals surface area (Å²) in [4.78, 5) is 29.3. The van der Waals surface area contributed by atoms with Crippen LogP contribution in [-0.4, -0.2) is 33.0 Å². The van der Waals surface area contributed by atoms with Crippen LogP contribution >= 0.6 is 0 Å². The van der Waals surface area contributed by atoms with E-state index in [1.165, 1.54) is 6.21 Å². The number of hydrogen-bond acceptors (Lipinski definition) is 5. The summed E-state index contributed by atoms with van der Waals surface area (Å²) in [7, 11) is 0. The van der Waals surface area contributed by atoms with Gasteiger partial charge in [0.2, 0.25) is 5.96 Å². The predicted molar refractivity (Wildman–Crippen MR) is 106 cm³/mol. The molecule has 27 heavy (non-hydrogen) atoms. The van der Waals surface area contributed by atoms with Crippen molar-refractivity contribution in [3.63, 3.8) is 0 Å². The van der Waals surface area contributed by atoms with Crippen LogP contribution in [0.15, 0.2) is 57.7 Å². The minimum atomic E-state index is -0.121. The Morgan fingerprint density at radius 1 is 1.15 bits per heavy atom. The summed E-state index contributed by atoms with van der Waals surface area (Å²) in [5.74, 6) is 0.446. The first kappa shape index (κ1) is 18.4. The van der Waals surface area contributed by atoms with Gasteiger partial charge < -0.3 is 10.4 Å². The fraction of sp³-hybridized carbons (Fsp3) is 0.250. The first-order chi connectivity index (χ1) is 13.0. The topological polar surface area (TPSA) is 99.8 Å². The second-order valence-electron chi connectivity index (χ2n) is 6.27. The molecule has 2 aromatic rings. The lowest BCUT2D eigenvalue weighted by Crippen LogP contribution is -2.15. The number of para-hydroxylation sites is 1. The summed E-state index contributed by atoms with van der Waals surface area (Å²) in [6.07, 6.45) is 2.89. The van der Waals surface area contributed by atoms with Crippen molar-refractivity contribution in [3.05, 3.63) is 59.1 Å². The number of allylic oxidation sites excluding steroid dienone is 2. The summed E-state index contributed by atoms with van der Waals surface area (Å²) < 4.78 is 0. The average Bonchev–Trinajstić information content (AvgIpc) is 2.61. The molecule has 7 heteroatoms. The van der Waals surface area contributed by atoms with E-state index < -0.39 is 0 Å². The normalized spacial score (nSPS) is 15.5. The second kappa shape index (κ2) is 8.35. The maximum atomic E-state index is 12.0. The van der Waals surface area contributed by atoms with E-state index in [-0.39, 0.29) is 29.0 Å². The number of ketones is 1. The van der Waals surface area contributed by atoms with Crippen molar-refractivity contribution in [1.29, 1.82) is 0 Å². The molecule has 0 saturated carbocycles. The second-order valence-corrected chi connectivity index (χ2v) is 6.27. The van der Waals surface area contributed by atoms with Gasteiger partial charge in [-0.05, 0) is 38.5 Å². The molecule has 1 aliphatic rings. The summed E-state index contributed by atoms with van der Waals surface area (Å²) in [6.45, 7) is 3.73. The molecule has 2 N–H and O–H groups in total. The summed E-state index contributed by atoms with van der Waals surface area (Å²) in [6, 6.07) is 11.3. The zero-order valence-corrected chi connectivity index (χ0v) is 15.3. The molecule has 1 aromatic carbocycles. The fourth-order valence-corrected chi connectivity index (χ4v) is 2.71. The molecule has 0 spiro atoms. The smallest absolute Gasteiger partial charge is 0.253 e. The van der Waals surface area contributed by atoms with Crippen LogP contribution in [0.4, 0.5) is 11.6 Å². The molecule has 0 aliphatic heterocycles. The molecular formula is C20H21N5O2. The van der Waals surface area contributed by atoms with Crippen molar-refractivity contribution in [3.8, 4) is 0 Å². The molecule has 0 bridgehead atoms. The standard InChI is InChI=1S/C20H21N5O2/c1-13-11-14(2)23-20(22-13)25-19(24-15-7-4-3-5-8-15)21-12-16-17(26)9-6-10-18(16)27/h3-5,7-8,11-12,26H,6,9-10H2,1-2H3,(H,22,23,24,25)/b21-12+. The van der Waals surface area contributed by atoms with Gasteiger partial charge in [-0.15, -0.1) is 0 Å². The molecule has 138 valence electrons. The SMILES string of the molecule is Cc1cc(C)nc(/N=C(\N=C\C2=C(O)CCCC2=O)Nc2ccccc2)n1. The van der Waals surface area contributed by atoms with Gasteiger partial charge in [0, 0.05) is 36.1 Å². The first-order valence-corrected chi connectivity index (χ1v) is 8.73. The van der Waals surface area contributed by atoms with Gasteiger partial charge in [-0.1, -0.05) is 18.2 Å². The number of aryl methyl sites for hydroxylation is 2. The molecule has 1 heterocycles. The lowest BCUT2D eigenvalue weighted by Gasteiger charge is -2.11. The molecule has 1 aromatic heterocycles. The molecule has 1 aliphatic carbocycles. The van der Waals surface area contributed by atoms with Gasteiger partial charge in [-0.3, -0.25) is 4.79 Å². The van der Waals surface area contributed by atoms with Gasteiger partial charge in [0.15, 0.2) is 5.78 Å². The number of guanidine groups is 1. The number of aliphatic hydroxyl groups is 1. The van der Waals surface area contributed by atoms with E-state index in [0.717, 1.165) is 17.1 Å². The van der Waals surface area contributed by atoms with E-state index in [9.17, 15) is 9.90 Å². The Labute approximate surface area is 157 Å². The van der Waals surface area contributed by atoms with E-state index in [0.29, 0.717) is 19.3 Å². The van der Waals surface area contributed by atoms with Crippen LogP contribution in [0.2, 0.25) is 0 Å². The van der Waals surface area contributed by atoms with E-state index >= 15 is 0 Å². The lowest BCUT2D eigenvalue weighted by atomic mass is 9.97. The van der Waals surface area contributed by atoms with E-state index in [2.05, 4.69) is 25.3 Å². The number of nitrogens with one attached hydrogen (secondary N) is 1.